The van der Waals surface area contributed by atoms with Crippen molar-refractivity contribution in [2.24, 2.45) is 4.99 Å². The summed E-state index contributed by atoms with van der Waals surface area (Å²) in [4.78, 5) is 18.4. The van der Waals surface area contributed by atoms with E-state index in [4.69, 9.17) is 0 Å². The van der Waals surface area contributed by atoms with E-state index in [9.17, 15) is 4.79 Å². The minimum atomic E-state index is 0.395. The molecule has 0 amide bonds. The molecular formula is C10H13N3O. The molecule has 4 nitrogen and oxygen atoms in total. The maximum atomic E-state index is 10.3. The van der Waals surface area contributed by atoms with E-state index < -0.39 is 0 Å². The first-order valence-electron chi connectivity index (χ1n) is 4.89. The number of carbonyl (C=O) groups excluding carboxylic acids is 1. The van der Waals surface area contributed by atoms with E-state index in [0.717, 1.165) is 24.4 Å². The van der Waals surface area contributed by atoms with Gasteiger partial charge >= 0.3 is 0 Å². The summed E-state index contributed by atoms with van der Waals surface area (Å²) in [7, 11) is 0. The molecule has 74 valence electrons. The van der Waals surface area contributed by atoms with Gasteiger partial charge < -0.3 is 4.57 Å². The molecule has 0 saturated carbocycles. The number of hydrogen-bond donors (Lipinski definition) is 0. The second-order valence-corrected chi connectivity index (χ2v) is 3.75. The lowest BCUT2D eigenvalue weighted by Gasteiger charge is -2.22. The second kappa shape index (κ2) is 3.39. The minimum absolute atomic E-state index is 0.395. The highest BCUT2D eigenvalue weighted by Crippen LogP contribution is 2.31. The highest BCUT2D eigenvalue weighted by molar-refractivity contribution is 5.48. The van der Waals surface area contributed by atoms with Gasteiger partial charge in [0.1, 0.15) is 5.82 Å². The predicted molar refractivity (Wildman–Crippen MR) is 52.4 cm³/mol. The van der Waals surface area contributed by atoms with Gasteiger partial charge in [-0.15, -0.1) is 4.99 Å². The largest absolute Gasteiger partial charge is 0.309 e. The third-order valence-electron chi connectivity index (χ3n) is 2.74. The first-order valence-corrected chi connectivity index (χ1v) is 4.89. The Hall–Kier alpha value is -1.41. The fourth-order valence-corrected chi connectivity index (χ4v) is 2.10. The van der Waals surface area contributed by atoms with Crippen molar-refractivity contribution in [1.29, 1.82) is 0 Å². The van der Waals surface area contributed by atoms with Crippen molar-refractivity contribution in [3.63, 3.8) is 0 Å². The summed E-state index contributed by atoms with van der Waals surface area (Å²) in [6, 6.07) is 0.395. The fourth-order valence-electron chi connectivity index (χ4n) is 2.10. The Bertz CT molecular complexity index is 402. The van der Waals surface area contributed by atoms with Crippen LogP contribution in [0.4, 0.5) is 5.82 Å². The zero-order chi connectivity index (χ0) is 10.1. The summed E-state index contributed by atoms with van der Waals surface area (Å²) in [5.74, 6) is 1.73. The third-order valence-corrected chi connectivity index (χ3v) is 2.74. The van der Waals surface area contributed by atoms with Gasteiger partial charge in [-0.25, -0.2) is 9.78 Å². The zero-order valence-electron chi connectivity index (χ0n) is 8.45. The molecule has 0 spiro atoms. The van der Waals surface area contributed by atoms with Gasteiger partial charge in [0.05, 0.1) is 5.69 Å². The summed E-state index contributed by atoms with van der Waals surface area (Å²) in [6.07, 6.45) is 4.88. The number of aryl methyl sites for hydroxylation is 2. The molecule has 1 unspecified atom stereocenters. The monoisotopic (exact) mass is 191 g/mol. The summed E-state index contributed by atoms with van der Waals surface area (Å²) < 4.78 is 2.06. The smallest absolute Gasteiger partial charge is 0.242 e. The van der Waals surface area contributed by atoms with E-state index in [2.05, 4.69) is 21.5 Å². The lowest BCUT2D eigenvalue weighted by atomic mass is 10.1. The number of nitrogens with zero attached hydrogens (tertiary/aromatic N) is 3. The molecule has 1 aromatic rings. The van der Waals surface area contributed by atoms with Crippen LogP contribution in [0.15, 0.2) is 4.99 Å². The van der Waals surface area contributed by atoms with E-state index in [0.29, 0.717) is 11.9 Å². The normalized spacial score (nSPS) is 20.0. The molecule has 1 atom stereocenters. The molecule has 0 aromatic carbocycles. The van der Waals surface area contributed by atoms with Crippen molar-refractivity contribution >= 4 is 11.9 Å². The molecule has 0 aliphatic carbocycles. The van der Waals surface area contributed by atoms with Crippen molar-refractivity contribution in [3.8, 4) is 0 Å². The molecule has 1 aromatic heterocycles. The van der Waals surface area contributed by atoms with Crippen LogP contribution in [0.25, 0.3) is 0 Å². The number of isocyanates is 1. The van der Waals surface area contributed by atoms with Crippen LogP contribution < -0.4 is 0 Å². The molecular weight excluding hydrogens is 178 g/mol. The third kappa shape index (κ3) is 1.28. The van der Waals surface area contributed by atoms with Gasteiger partial charge in [-0.3, -0.25) is 0 Å². The Morgan fingerprint density at radius 2 is 2.43 bits per heavy atom. The summed E-state index contributed by atoms with van der Waals surface area (Å²) in [5.41, 5.74) is 0.831. The van der Waals surface area contributed by atoms with Crippen LogP contribution in [-0.4, -0.2) is 15.6 Å². The number of hydrogen-bond acceptors (Lipinski definition) is 3. The number of aliphatic imine (C=N–C) groups is 1. The minimum Gasteiger partial charge on any atom is -0.309 e. The molecule has 0 N–H and O–H groups in total. The summed E-state index contributed by atoms with van der Waals surface area (Å²) in [6.45, 7) is 4.02. The van der Waals surface area contributed by atoms with E-state index in [1.165, 1.54) is 6.42 Å². The highest BCUT2D eigenvalue weighted by Gasteiger charge is 2.22. The van der Waals surface area contributed by atoms with Crippen molar-refractivity contribution < 1.29 is 4.79 Å². The molecule has 2 heterocycles. The standard InChI is InChI=1S/C10H13N3O/c1-7-4-3-5-9-12-8(2)10(11-6-14)13(7)9/h7H,3-5H2,1-2H3. The molecule has 0 bridgehead atoms. The Kier molecular flexibility index (Phi) is 2.22. The van der Waals surface area contributed by atoms with Gasteiger partial charge in [-0.1, -0.05) is 0 Å². The number of rotatable bonds is 1. The van der Waals surface area contributed by atoms with Crippen LogP contribution in [-0.2, 0) is 11.2 Å². The van der Waals surface area contributed by atoms with Crippen LogP contribution in [0.1, 0.15) is 37.3 Å². The number of fused-ring (bicyclic) bond motifs is 1. The first-order chi connectivity index (χ1) is 6.74. The van der Waals surface area contributed by atoms with Crippen LogP contribution in [0, 0.1) is 6.92 Å². The van der Waals surface area contributed by atoms with E-state index in [1.807, 2.05) is 6.92 Å². The SMILES string of the molecule is Cc1nc2n(c1N=C=O)C(C)CCC2. The highest BCUT2D eigenvalue weighted by atomic mass is 16.1. The van der Waals surface area contributed by atoms with E-state index in [-0.39, 0.29) is 0 Å². The number of aromatic nitrogens is 2. The Balaban J connectivity index is 2.59. The van der Waals surface area contributed by atoms with Gasteiger partial charge in [0, 0.05) is 12.5 Å². The molecule has 0 radical (unpaired) electrons. The molecule has 14 heavy (non-hydrogen) atoms. The maximum Gasteiger partial charge on any atom is 0.242 e. The zero-order valence-corrected chi connectivity index (χ0v) is 8.45. The van der Waals surface area contributed by atoms with Crippen LogP contribution in [0.5, 0.6) is 0 Å². The molecule has 1 aliphatic rings. The van der Waals surface area contributed by atoms with Crippen LogP contribution in [0.3, 0.4) is 0 Å². The van der Waals surface area contributed by atoms with Gasteiger partial charge in [0.2, 0.25) is 6.08 Å². The van der Waals surface area contributed by atoms with Gasteiger partial charge in [-0.05, 0) is 26.7 Å². The summed E-state index contributed by atoms with van der Waals surface area (Å²) >= 11 is 0. The molecule has 1 aliphatic heterocycles. The summed E-state index contributed by atoms with van der Waals surface area (Å²) in [5, 5.41) is 0. The van der Waals surface area contributed by atoms with E-state index in [1.54, 1.807) is 6.08 Å². The van der Waals surface area contributed by atoms with Gasteiger partial charge in [-0.2, -0.15) is 0 Å². The molecule has 4 heteroatoms. The predicted octanol–water partition coefficient (Wildman–Crippen LogP) is 2.06. The Labute approximate surface area is 82.7 Å². The molecule has 2 rings (SSSR count). The van der Waals surface area contributed by atoms with Gasteiger partial charge in [0.25, 0.3) is 0 Å². The maximum absolute atomic E-state index is 10.3. The average molecular weight is 191 g/mol. The van der Waals surface area contributed by atoms with Crippen molar-refractivity contribution in [1.82, 2.24) is 9.55 Å². The first kappa shape index (κ1) is 9.16. The van der Waals surface area contributed by atoms with Crippen molar-refractivity contribution in [2.75, 3.05) is 0 Å². The average Bonchev–Trinajstić information content (AvgIpc) is 2.45. The van der Waals surface area contributed by atoms with Crippen molar-refractivity contribution in [2.45, 2.75) is 39.2 Å². The molecule has 0 fully saturated rings. The lowest BCUT2D eigenvalue weighted by molar-refractivity contribution is 0.428. The van der Waals surface area contributed by atoms with Crippen LogP contribution in [0.2, 0.25) is 0 Å². The Morgan fingerprint density at radius 3 is 3.14 bits per heavy atom. The molecule has 0 saturated heterocycles. The number of imidazole rings is 1. The lowest BCUT2D eigenvalue weighted by Crippen LogP contribution is -2.14. The quantitative estimate of drug-likeness (QED) is 0.504. The topological polar surface area (TPSA) is 47.2 Å². The Morgan fingerprint density at radius 1 is 1.64 bits per heavy atom. The second-order valence-electron chi connectivity index (χ2n) is 3.75. The fraction of sp³-hybridized carbons (Fsp3) is 0.600. The van der Waals surface area contributed by atoms with Crippen molar-refractivity contribution in [3.05, 3.63) is 11.5 Å². The van der Waals surface area contributed by atoms with E-state index >= 15 is 0 Å². The van der Waals surface area contributed by atoms with Crippen LogP contribution >= 0.6 is 0 Å². The van der Waals surface area contributed by atoms with Gasteiger partial charge in [0.15, 0.2) is 5.82 Å².